The standard InChI is InChI=1S/C14H11BrClNO2/c15-10-4-5-12(14(18)19)13(7-10)17-8-9-2-1-3-11(16)6-9/h1-7,17H,8H2,(H,18,19). The van der Waals surface area contributed by atoms with Crippen LogP contribution in [-0.4, -0.2) is 11.1 Å². The summed E-state index contributed by atoms with van der Waals surface area (Å²) >= 11 is 9.23. The van der Waals surface area contributed by atoms with Crippen LogP contribution in [0.1, 0.15) is 15.9 Å². The van der Waals surface area contributed by atoms with Gasteiger partial charge in [0.25, 0.3) is 0 Å². The molecule has 98 valence electrons. The van der Waals surface area contributed by atoms with Crippen molar-refractivity contribution in [1.29, 1.82) is 0 Å². The first kappa shape index (κ1) is 13.9. The fraction of sp³-hybridized carbons (Fsp3) is 0.0714. The maximum Gasteiger partial charge on any atom is 0.337 e. The Labute approximate surface area is 124 Å². The molecule has 5 heteroatoms. The minimum Gasteiger partial charge on any atom is -0.478 e. The highest BCUT2D eigenvalue weighted by Crippen LogP contribution is 2.22. The smallest absolute Gasteiger partial charge is 0.337 e. The van der Waals surface area contributed by atoms with Crippen LogP contribution in [-0.2, 0) is 6.54 Å². The summed E-state index contributed by atoms with van der Waals surface area (Å²) in [4.78, 5) is 11.1. The molecule has 2 rings (SSSR count). The van der Waals surface area contributed by atoms with E-state index in [1.807, 2.05) is 18.2 Å². The fourth-order valence-corrected chi connectivity index (χ4v) is 2.27. The first-order valence-corrected chi connectivity index (χ1v) is 6.74. The van der Waals surface area contributed by atoms with Gasteiger partial charge in [-0.25, -0.2) is 4.79 Å². The van der Waals surface area contributed by atoms with Crippen molar-refractivity contribution in [3.8, 4) is 0 Å². The number of aromatic carboxylic acids is 1. The second-order valence-corrected chi connectivity index (χ2v) is 5.33. The SMILES string of the molecule is O=C(O)c1ccc(Br)cc1NCc1cccc(Cl)c1. The number of nitrogens with one attached hydrogen (secondary N) is 1. The largest absolute Gasteiger partial charge is 0.478 e. The average Bonchev–Trinajstić information content (AvgIpc) is 2.36. The van der Waals surface area contributed by atoms with Crippen LogP contribution in [0.5, 0.6) is 0 Å². The molecule has 0 aliphatic heterocycles. The Morgan fingerprint density at radius 1 is 1.26 bits per heavy atom. The van der Waals surface area contributed by atoms with Crippen LogP contribution in [0.2, 0.25) is 5.02 Å². The zero-order valence-corrected chi connectivity index (χ0v) is 12.2. The Kier molecular flexibility index (Phi) is 4.45. The van der Waals surface area contributed by atoms with Crippen molar-refractivity contribution in [2.75, 3.05) is 5.32 Å². The van der Waals surface area contributed by atoms with Crippen LogP contribution in [0.4, 0.5) is 5.69 Å². The van der Waals surface area contributed by atoms with Crippen LogP contribution < -0.4 is 5.32 Å². The number of carboxylic acids is 1. The van der Waals surface area contributed by atoms with Crippen molar-refractivity contribution in [3.05, 3.63) is 63.1 Å². The molecule has 0 radical (unpaired) electrons. The number of anilines is 1. The topological polar surface area (TPSA) is 49.3 Å². The summed E-state index contributed by atoms with van der Waals surface area (Å²) in [5.41, 5.74) is 1.80. The first-order valence-electron chi connectivity index (χ1n) is 5.57. The fourth-order valence-electron chi connectivity index (χ4n) is 1.69. The van der Waals surface area contributed by atoms with Gasteiger partial charge in [0.1, 0.15) is 0 Å². The minimum atomic E-state index is -0.957. The van der Waals surface area contributed by atoms with Crippen LogP contribution in [0, 0.1) is 0 Å². The van der Waals surface area contributed by atoms with Crippen LogP contribution >= 0.6 is 27.5 Å². The molecule has 0 amide bonds. The number of halogens is 2. The highest BCUT2D eigenvalue weighted by molar-refractivity contribution is 9.10. The molecule has 0 saturated heterocycles. The van der Waals surface area contributed by atoms with Gasteiger partial charge in [-0.1, -0.05) is 39.7 Å². The highest BCUT2D eigenvalue weighted by atomic mass is 79.9. The number of benzene rings is 2. The van der Waals surface area contributed by atoms with Gasteiger partial charge in [0, 0.05) is 16.0 Å². The number of carboxylic acid groups (broad SMARTS) is 1. The predicted molar refractivity (Wildman–Crippen MR) is 79.9 cm³/mol. The summed E-state index contributed by atoms with van der Waals surface area (Å²) in [6.45, 7) is 0.511. The molecule has 2 aromatic rings. The van der Waals surface area contributed by atoms with Crippen LogP contribution in [0.3, 0.4) is 0 Å². The van der Waals surface area contributed by atoms with Crippen molar-refractivity contribution >= 4 is 39.2 Å². The van der Waals surface area contributed by atoms with Gasteiger partial charge in [0.15, 0.2) is 0 Å². The van der Waals surface area contributed by atoms with E-state index in [-0.39, 0.29) is 5.56 Å². The van der Waals surface area contributed by atoms with Gasteiger partial charge in [0.2, 0.25) is 0 Å². The van der Waals surface area contributed by atoms with Crippen molar-refractivity contribution in [2.45, 2.75) is 6.54 Å². The molecule has 3 nitrogen and oxygen atoms in total. The van der Waals surface area contributed by atoms with E-state index < -0.39 is 5.97 Å². The molecule has 0 saturated carbocycles. The van der Waals surface area contributed by atoms with Crippen molar-refractivity contribution in [3.63, 3.8) is 0 Å². The van der Waals surface area contributed by atoms with E-state index >= 15 is 0 Å². The maximum atomic E-state index is 11.1. The molecule has 0 fully saturated rings. The number of hydrogen-bond acceptors (Lipinski definition) is 2. The lowest BCUT2D eigenvalue weighted by molar-refractivity contribution is 0.0698. The van der Waals surface area contributed by atoms with Gasteiger partial charge >= 0.3 is 5.97 Å². The molecule has 2 N–H and O–H groups in total. The third kappa shape index (κ3) is 3.72. The molecule has 0 bridgehead atoms. The van der Waals surface area contributed by atoms with Crippen molar-refractivity contribution < 1.29 is 9.90 Å². The second kappa shape index (κ2) is 6.08. The van der Waals surface area contributed by atoms with E-state index in [4.69, 9.17) is 16.7 Å². The number of rotatable bonds is 4. The summed E-state index contributed by atoms with van der Waals surface area (Å²) < 4.78 is 0.825. The van der Waals surface area contributed by atoms with E-state index in [9.17, 15) is 4.79 Å². The van der Waals surface area contributed by atoms with Gasteiger partial charge < -0.3 is 10.4 Å². The van der Waals surface area contributed by atoms with Crippen molar-refractivity contribution in [2.24, 2.45) is 0 Å². The van der Waals surface area contributed by atoms with E-state index in [1.165, 1.54) is 0 Å². The Balaban J connectivity index is 2.19. The van der Waals surface area contributed by atoms with Crippen LogP contribution in [0.15, 0.2) is 46.9 Å². The monoisotopic (exact) mass is 339 g/mol. The average molecular weight is 341 g/mol. The molecule has 0 atom stereocenters. The summed E-state index contributed by atoms with van der Waals surface area (Å²) in [7, 11) is 0. The Morgan fingerprint density at radius 2 is 2.05 bits per heavy atom. The molecule has 2 aromatic carbocycles. The van der Waals surface area contributed by atoms with E-state index in [0.29, 0.717) is 17.3 Å². The zero-order valence-electron chi connectivity index (χ0n) is 9.86. The number of hydrogen-bond donors (Lipinski definition) is 2. The van der Waals surface area contributed by atoms with Gasteiger partial charge in [0.05, 0.1) is 11.3 Å². The number of carbonyl (C=O) groups is 1. The molecule has 0 unspecified atom stereocenters. The van der Waals surface area contributed by atoms with Gasteiger partial charge in [-0.3, -0.25) is 0 Å². The lowest BCUT2D eigenvalue weighted by Crippen LogP contribution is -2.06. The van der Waals surface area contributed by atoms with E-state index in [2.05, 4.69) is 21.2 Å². The third-order valence-corrected chi connectivity index (χ3v) is 3.31. The summed E-state index contributed by atoms with van der Waals surface area (Å²) in [6, 6.07) is 12.4. The van der Waals surface area contributed by atoms with Gasteiger partial charge in [-0.15, -0.1) is 0 Å². The lowest BCUT2D eigenvalue weighted by atomic mass is 10.1. The summed E-state index contributed by atoms with van der Waals surface area (Å²) in [6.07, 6.45) is 0. The molecular formula is C14H11BrClNO2. The molecule has 0 spiro atoms. The summed E-state index contributed by atoms with van der Waals surface area (Å²) in [5.74, 6) is -0.957. The Bertz CT molecular complexity index is 616. The minimum absolute atomic E-state index is 0.241. The normalized spacial score (nSPS) is 10.2. The third-order valence-electron chi connectivity index (χ3n) is 2.58. The van der Waals surface area contributed by atoms with E-state index in [0.717, 1.165) is 10.0 Å². The second-order valence-electron chi connectivity index (χ2n) is 3.98. The highest BCUT2D eigenvalue weighted by Gasteiger charge is 2.10. The molecule has 0 aliphatic rings. The van der Waals surface area contributed by atoms with Gasteiger partial charge in [-0.2, -0.15) is 0 Å². The maximum absolute atomic E-state index is 11.1. The van der Waals surface area contributed by atoms with E-state index in [1.54, 1.807) is 24.3 Å². The van der Waals surface area contributed by atoms with Crippen LogP contribution in [0.25, 0.3) is 0 Å². The molecular weight excluding hydrogens is 330 g/mol. The zero-order chi connectivity index (χ0) is 13.8. The molecule has 0 aliphatic carbocycles. The summed E-state index contributed by atoms with van der Waals surface area (Å²) in [5, 5.41) is 12.9. The lowest BCUT2D eigenvalue weighted by Gasteiger charge is -2.10. The van der Waals surface area contributed by atoms with Gasteiger partial charge in [-0.05, 0) is 35.9 Å². The Morgan fingerprint density at radius 3 is 2.74 bits per heavy atom. The molecule has 0 aromatic heterocycles. The predicted octanol–water partition coefficient (Wildman–Crippen LogP) is 4.41. The molecule has 0 heterocycles. The Hall–Kier alpha value is -1.52. The first-order chi connectivity index (χ1) is 9.06. The quantitative estimate of drug-likeness (QED) is 0.866. The van der Waals surface area contributed by atoms with Crippen molar-refractivity contribution in [1.82, 2.24) is 0 Å². The molecule has 19 heavy (non-hydrogen) atoms.